The molecule has 0 aromatic heterocycles. The molecule has 0 N–H and O–H groups in total. The SMILES string of the molecule is CCC(C)c1ccc(OCC(=O)OC(CC)(CC)C2CCCCC2)cc1. The summed E-state index contributed by atoms with van der Waals surface area (Å²) in [6.07, 6.45) is 9.03. The second kappa shape index (κ2) is 9.99. The first-order chi connectivity index (χ1) is 12.5. The Balaban J connectivity index is 1.91. The Morgan fingerprint density at radius 2 is 1.69 bits per heavy atom. The number of carbonyl (C=O) groups is 1. The number of esters is 1. The van der Waals surface area contributed by atoms with Crippen molar-refractivity contribution < 1.29 is 14.3 Å². The van der Waals surface area contributed by atoms with E-state index in [1.54, 1.807) is 0 Å². The maximum atomic E-state index is 12.5. The molecule has 1 fully saturated rings. The van der Waals surface area contributed by atoms with E-state index in [0.29, 0.717) is 11.8 Å². The van der Waals surface area contributed by atoms with Crippen LogP contribution < -0.4 is 4.74 Å². The van der Waals surface area contributed by atoms with Crippen molar-refractivity contribution in [2.75, 3.05) is 6.61 Å². The number of hydrogen-bond acceptors (Lipinski definition) is 3. The Labute approximate surface area is 159 Å². The molecule has 146 valence electrons. The van der Waals surface area contributed by atoms with Gasteiger partial charge in [0.2, 0.25) is 0 Å². The highest BCUT2D eigenvalue weighted by atomic mass is 16.6. The first-order valence-electron chi connectivity index (χ1n) is 10.5. The van der Waals surface area contributed by atoms with E-state index in [9.17, 15) is 4.79 Å². The molecule has 1 aromatic rings. The molecule has 2 rings (SSSR count). The molecule has 1 aliphatic carbocycles. The van der Waals surface area contributed by atoms with Crippen LogP contribution in [0.5, 0.6) is 5.75 Å². The summed E-state index contributed by atoms with van der Waals surface area (Å²) in [7, 11) is 0. The summed E-state index contributed by atoms with van der Waals surface area (Å²) in [5, 5.41) is 0. The van der Waals surface area contributed by atoms with Gasteiger partial charge in [-0.25, -0.2) is 4.79 Å². The van der Waals surface area contributed by atoms with Gasteiger partial charge < -0.3 is 9.47 Å². The number of benzene rings is 1. The standard InChI is InChI=1S/C23H36O3/c1-5-18(4)19-13-15-21(16-14-19)25-17-22(24)26-23(6-2,7-3)20-11-9-8-10-12-20/h13-16,18,20H,5-12,17H2,1-4H3. The third-order valence-electron chi connectivity index (χ3n) is 6.28. The molecule has 1 saturated carbocycles. The Morgan fingerprint density at radius 3 is 2.23 bits per heavy atom. The van der Waals surface area contributed by atoms with Crippen LogP contribution in [0.25, 0.3) is 0 Å². The van der Waals surface area contributed by atoms with E-state index >= 15 is 0 Å². The minimum Gasteiger partial charge on any atom is -0.482 e. The highest BCUT2D eigenvalue weighted by Gasteiger charge is 2.39. The van der Waals surface area contributed by atoms with Crippen molar-refractivity contribution in [3.05, 3.63) is 29.8 Å². The van der Waals surface area contributed by atoms with E-state index in [2.05, 4.69) is 39.8 Å². The van der Waals surface area contributed by atoms with E-state index in [0.717, 1.165) is 25.0 Å². The van der Waals surface area contributed by atoms with Crippen molar-refractivity contribution in [3.8, 4) is 5.75 Å². The monoisotopic (exact) mass is 360 g/mol. The lowest BCUT2D eigenvalue weighted by atomic mass is 9.74. The van der Waals surface area contributed by atoms with E-state index in [1.165, 1.54) is 37.7 Å². The van der Waals surface area contributed by atoms with Crippen LogP contribution in [0.15, 0.2) is 24.3 Å². The minimum absolute atomic E-state index is 0.0167. The van der Waals surface area contributed by atoms with Crippen LogP contribution in [0.3, 0.4) is 0 Å². The molecule has 0 aliphatic heterocycles. The summed E-state index contributed by atoms with van der Waals surface area (Å²) >= 11 is 0. The summed E-state index contributed by atoms with van der Waals surface area (Å²) in [4.78, 5) is 12.5. The second-order valence-electron chi connectivity index (χ2n) is 7.75. The van der Waals surface area contributed by atoms with Crippen LogP contribution in [-0.2, 0) is 9.53 Å². The maximum absolute atomic E-state index is 12.5. The van der Waals surface area contributed by atoms with Crippen LogP contribution in [0.2, 0.25) is 0 Å². The predicted octanol–water partition coefficient (Wildman–Crippen LogP) is 6.26. The fraction of sp³-hybridized carbons (Fsp3) is 0.696. The highest BCUT2D eigenvalue weighted by Crippen LogP contribution is 2.39. The quantitative estimate of drug-likeness (QED) is 0.487. The van der Waals surface area contributed by atoms with Gasteiger partial charge in [-0.1, -0.05) is 59.1 Å². The van der Waals surface area contributed by atoms with Crippen LogP contribution in [0.1, 0.15) is 90.5 Å². The van der Waals surface area contributed by atoms with Crippen molar-refractivity contribution >= 4 is 5.97 Å². The van der Waals surface area contributed by atoms with Crippen molar-refractivity contribution in [3.63, 3.8) is 0 Å². The summed E-state index contributed by atoms with van der Waals surface area (Å²) in [6, 6.07) is 8.06. The number of hydrogen-bond donors (Lipinski definition) is 0. The molecule has 0 bridgehead atoms. The molecule has 0 heterocycles. The van der Waals surface area contributed by atoms with E-state index in [-0.39, 0.29) is 18.2 Å². The fourth-order valence-corrected chi connectivity index (χ4v) is 4.21. The lowest BCUT2D eigenvalue weighted by Gasteiger charge is -2.41. The third-order valence-corrected chi connectivity index (χ3v) is 6.28. The second-order valence-corrected chi connectivity index (χ2v) is 7.75. The van der Waals surface area contributed by atoms with Gasteiger partial charge in [0, 0.05) is 0 Å². The van der Waals surface area contributed by atoms with Crippen LogP contribution >= 0.6 is 0 Å². The van der Waals surface area contributed by atoms with Gasteiger partial charge in [0.15, 0.2) is 6.61 Å². The Bertz CT molecular complexity index is 539. The zero-order valence-electron chi connectivity index (χ0n) is 17.1. The van der Waals surface area contributed by atoms with E-state index in [4.69, 9.17) is 9.47 Å². The minimum atomic E-state index is -0.318. The van der Waals surface area contributed by atoms with Gasteiger partial charge in [-0.15, -0.1) is 0 Å². The zero-order valence-corrected chi connectivity index (χ0v) is 17.1. The maximum Gasteiger partial charge on any atom is 0.344 e. The predicted molar refractivity (Wildman–Crippen MR) is 107 cm³/mol. The molecule has 3 heteroatoms. The molecule has 0 amide bonds. The third kappa shape index (κ3) is 5.25. The first-order valence-corrected chi connectivity index (χ1v) is 10.5. The van der Waals surface area contributed by atoms with Gasteiger partial charge in [-0.2, -0.15) is 0 Å². The number of ether oxygens (including phenoxy) is 2. The number of rotatable bonds is 9. The topological polar surface area (TPSA) is 35.5 Å². The lowest BCUT2D eigenvalue weighted by Crippen LogP contribution is -2.43. The van der Waals surface area contributed by atoms with Gasteiger partial charge >= 0.3 is 5.97 Å². The van der Waals surface area contributed by atoms with Gasteiger partial charge in [0.25, 0.3) is 0 Å². The molecule has 1 aliphatic rings. The largest absolute Gasteiger partial charge is 0.482 e. The molecule has 1 unspecified atom stereocenters. The average Bonchev–Trinajstić information content (AvgIpc) is 2.71. The molecule has 0 spiro atoms. The zero-order chi connectivity index (χ0) is 19.0. The average molecular weight is 361 g/mol. The van der Waals surface area contributed by atoms with Crippen LogP contribution in [0.4, 0.5) is 0 Å². The molecular formula is C23H36O3. The molecular weight excluding hydrogens is 324 g/mol. The smallest absolute Gasteiger partial charge is 0.344 e. The van der Waals surface area contributed by atoms with Gasteiger partial charge in [-0.05, 0) is 61.6 Å². The first kappa shape index (κ1) is 20.8. The summed E-state index contributed by atoms with van der Waals surface area (Å²) in [5.74, 6) is 1.51. The molecule has 1 atom stereocenters. The van der Waals surface area contributed by atoms with Crippen LogP contribution in [0, 0.1) is 5.92 Å². The van der Waals surface area contributed by atoms with Crippen molar-refractivity contribution in [2.24, 2.45) is 5.92 Å². The van der Waals surface area contributed by atoms with Crippen molar-refractivity contribution in [1.29, 1.82) is 0 Å². The molecule has 26 heavy (non-hydrogen) atoms. The Hall–Kier alpha value is -1.51. The molecule has 0 saturated heterocycles. The van der Waals surface area contributed by atoms with Gasteiger partial charge in [-0.3, -0.25) is 0 Å². The van der Waals surface area contributed by atoms with Crippen LogP contribution in [-0.4, -0.2) is 18.2 Å². The van der Waals surface area contributed by atoms with Crippen molar-refractivity contribution in [1.82, 2.24) is 0 Å². The van der Waals surface area contributed by atoms with Gasteiger partial charge in [0.1, 0.15) is 11.4 Å². The molecule has 1 aromatic carbocycles. The van der Waals surface area contributed by atoms with Crippen molar-refractivity contribution in [2.45, 2.75) is 90.6 Å². The number of carbonyl (C=O) groups excluding carboxylic acids is 1. The van der Waals surface area contributed by atoms with E-state index < -0.39 is 0 Å². The Kier molecular flexibility index (Phi) is 7.99. The van der Waals surface area contributed by atoms with Gasteiger partial charge in [0.05, 0.1) is 0 Å². The lowest BCUT2D eigenvalue weighted by molar-refractivity contribution is -0.172. The van der Waals surface area contributed by atoms with E-state index in [1.807, 2.05) is 12.1 Å². The highest BCUT2D eigenvalue weighted by molar-refractivity contribution is 5.71. The molecule has 3 nitrogen and oxygen atoms in total. The summed E-state index contributed by atoms with van der Waals surface area (Å²) in [5.41, 5.74) is 0.983. The Morgan fingerprint density at radius 1 is 1.08 bits per heavy atom. The summed E-state index contributed by atoms with van der Waals surface area (Å²) in [6.45, 7) is 8.66. The molecule has 0 radical (unpaired) electrons. The summed E-state index contributed by atoms with van der Waals surface area (Å²) < 4.78 is 11.7. The normalized spacial score (nSPS) is 16.9. The fourth-order valence-electron chi connectivity index (χ4n) is 4.21.